The Morgan fingerprint density at radius 3 is 2.61 bits per heavy atom. The fourth-order valence-corrected chi connectivity index (χ4v) is 4.09. The maximum Gasteiger partial charge on any atom is 0.232 e. The Labute approximate surface area is 181 Å². The SMILES string of the molecule is CCn1cc(/C=C2\Oc3cc(OCc4ccccc4)cc(C)c3C2=O)c2ccccc21. The van der Waals surface area contributed by atoms with E-state index in [1.54, 1.807) is 6.07 Å². The van der Waals surface area contributed by atoms with E-state index in [0.717, 1.165) is 34.1 Å². The monoisotopic (exact) mass is 409 g/mol. The Bertz CT molecular complexity index is 1320. The highest BCUT2D eigenvalue weighted by Gasteiger charge is 2.30. The van der Waals surface area contributed by atoms with Gasteiger partial charge >= 0.3 is 0 Å². The molecule has 1 aliphatic heterocycles. The number of hydrogen-bond donors (Lipinski definition) is 0. The number of allylic oxidation sites excluding steroid dienone is 1. The van der Waals surface area contributed by atoms with Crippen LogP contribution in [0.2, 0.25) is 0 Å². The standard InChI is InChI=1S/C27H23NO3/c1-3-28-16-20(22-11-7-8-12-23(22)28)14-25-27(29)26-18(2)13-21(15-24(26)31-25)30-17-19-9-5-4-6-10-19/h4-16H,3,17H2,1-2H3/b25-14-. The van der Waals surface area contributed by atoms with Crippen LogP contribution in [-0.2, 0) is 13.2 Å². The molecule has 0 spiro atoms. The van der Waals surface area contributed by atoms with Crippen LogP contribution in [-0.4, -0.2) is 10.4 Å². The number of benzene rings is 3. The third-order valence-electron chi connectivity index (χ3n) is 5.64. The van der Waals surface area contributed by atoms with Crippen LogP contribution in [0.15, 0.2) is 78.7 Å². The summed E-state index contributed by atoms with van der Waals surface area (Å²) in [6.07, 6.45) is 3.92. The van der Waals surface area contributed by atoms with E-state index in [2.05, 4.69) is 29.8 Å². The van der Waals surface area contributed by atoms with E-state index in [4.69, 9.17) is 9.47 Å². The molecule has 0 radical (unpaired) electrons. The molecular weight excluding hydrogens is 386 g/mol. The number of rotatable bonds is 5. The first-order valence-electron chi connectivity index (χ1n) is 10.5. The molecule has 0 bridgehead atoms. The molecular formula is C27H23NO3. The largest absolute Gasteiger partial charge is 0.489 e. The minimum absolute atomic E-state index is 0.0876. The second kappa shape index (κ2) is 7.80. The summed E-state index contributed by atoms with van der Waals surface area (Å²) in [5.74, 6) is 1.50. The van der Waals surface area contributed by atoms with Crippen molar-refractivity contribution in [1.29, 1.82) is 0 Å². The van der Waals surface area contributed by atoms with Gasteiger partial charge in [-0.05, 0) is 43.2 Å². The van der Waals surface area contributed by atoms with Crippen LogP contribution in [0.4, 0.5) is 0 Å². The van der Waals surface area contributed by atoms with Gasteiger partial charge in [-0.25, -0.2) is 0 Å². The van der Waals surface area contributed by atoms with Crippen molar-refractivity contribution in [3.8, 4) is 11.5 Å². The lowest BCUT2D eigenvalue weighted by Crippen LogP contribution is -2.00. The molecule has 1 aromatic heterocycles. The molecule has 0 fully saturated rings. The first kappa shape index (κ1) is 19.2. The molecule has 0 saturated carbocycles. The van der Waals surface area contributed by atoms with Crippen molar-refractivity contribution in [2.45, 2.75) is 27.0 Å². The molecule has 0 unspecified atom stereocenters. The molecule has 31 heavy (non-hydrogen) atoms. The van der Waals surface area contributed by atoms with Gasteiger partial charge in [0.1, 0.15) is 18.1 Å². The molecule has 0 atom stereocenters. The Morgan fingerprint density at radius 2 is 1.81 bits per heavy atom. The summed E-state index contributed by atoms with van der Waals surface area (Å²) in [7, 11) is 0. The minimum Gasteiger partial charge on any atom is -0.489 e. The summed E-state index contributed by atoms with van der Waals surface area (Å²) in [5, 5.41) is 1.10. The molecule has 5 rings (SSSR count). The van der Waals surface area contributed by atoms with Crippen LogP contribution in [0.25, 0.3) is 17.0 Å². The van der Waals surface area contributed by atoms with Gasteiger partial charge in [-0.2, -0.15) is 0 Å². The first-order valence-corrected chi connectivity index (χ1v) is 10.5. The van der Waals surface area contributed by atoms with E-state index < -0.39 is 0 Å². The lowest BCUT2D eigenvalue weighted by molar-refractivity contribution is 0.101. The maximum atomic E-state index is 13.1. The summed E-state index contributed by atoms with van der Waals surface area (Å²) >= 11 is 0. The fourth-order valence-electron chi connectivity index (χ4n) is 4.09. The van der Waals surface area contributed by atoms with Crippen molar-refractivity contribution in [1.82, 2.24) is 4.57 Å². The number of ether oxygens (including phenoxy) is 2. The highest BCUT2D eigenvalue weighted by molar-refractivity contribution is 6.16. The van der Waals surface area contributed by atoms with Crippen molar-refractivity contribution >= 4 is 22.8 Å². The zero-order valence-corrected chi connectivity index (χ0v) is 17.6. The van der Waals surface area contributed by atoms with Crippen LogP contribution in [0, 0.1) is 6.92 Å². The van der Waals surface area contributed by atoms with Gasteiger partial charge in [0, 0.05) is 35.3 Å². The Morgan fingerprint density at radius 1 is 1.03 bits per heavy atom. The molecule has 3 aromatic carbocycles. The van der Waals surface area contributed by atoms with E-state index in [-0.39, 0.29) is 5.78 Å². The summed E-state index contributed by atoms with van der Waals surface area (Å²) in [6, 6.07) is 21.9. The Balaban J connectivity index is 1.45. The average Bonchev–Trinajstić information content (AvgIpc) is 3.31. The highest BCUT2D eigenvalue weighted by Crippen LogP contribution is 2.38. The van der Waals surface area contributed by atoms with Crippen molar-refractivity contribution in [3.63, 3.8) is 0 Å². The van der Waals surface area contributed by atoms with Crippen LogP contribution in [0.3, 0.4) is 0 Å². The van der Waals surface area contributed by atoms with Gasteiger partial charge in [-0.15, -0.1) is 0 Å². The van der Waals surface area contributed by atoms with E-state index in [1.807, 2.05) is 61.5 Å². The van der Waals surface area contributed by atoms with Crippen molar-refractivity contribution in [2.75, 3.05) is 0 Å². The van der Waals surface area contributed by atoms with Gasteiger partial charge in [-0.3, -0.25) is 4.79 Å². The zero-order valence-electron chi connectivity index (χ0n) is 17.6. The summed E-state index contributed by atoms with van der Waals surface area (Å²) in [6.45, 7) is 5.35. The van der Waals surface area contributed by atoms with E-state index in [1.165, 1.54) is 0 Å². The van der Waals surface area contributed by atoms with E-state index in [0.29, 0.717) is 29.4 Å². The second-order valence-corrected chi connectivity index (χ2v) is 7.71. The Kier molecular flexibility index (Phi) is 4.83. The quantitative estimate of drug-likeness (QED) is 0.370. The molecule has 154 valence electrons. The molecule has 0 aliphatic carbocycles. The predicted octanol–water partition coefficient (Wildman–Crippen LogP) is 6.16. The number of fused-ring (bicyclic) bond motifs is 2. The third kappa shape index (κ3) is 3.50. The topological polar surface area (TPSA) is 40.5 Å². The molecule has 4 nitrogen and oxygen atoms in total. The van der Waals surface area contributed by atoms with Gasteiger partial charge in [0.05, 0.1) is 5.56 Å². The summed E-state index contributed by atoms with van der Waals surface area (Å²) in [5.41, 5.74) is 4.67. The molecule has 4 aromatic rings. The van der Waals surface area contributed by atoms with Crippen molar-refractivity contribution in [2.24, 2.45) is 0 Å². The van der Waals surface area contributed by atoms with Crippen molar-refractivity contribution < 1.29 is 14.3 Å². The normalized spacial score (nSPS) is 14.1. The molecule has 2 heterocycles. The molecule has 0 amide bonds. The van der Waals surface area contributed by atoms with Gasteiger partial charge in [-0.1, -0.05) is 48.5 Å². The van der Waals surface area contributed by atoms with Crippen LogP contribution in [0.1, 0.15) is 34.0 Å². The number of aryl methyl sites for hydroxylation is 2. The predicted molar refractivity (Wildman–Crippen MR) is 123 cm³/mol. The lowest BCUT2D eigenvalue weighted by Gasteiger charge is -2.09. The molecule has 0 N–H and O–H groups in total. The third-order valence-corrected chi connectivity index (χ3v) is 5.64. The number of aromatic nitrogens is 1. The van der Waals surface area contributed by atoms with Gasteiger partial charge in [0.15, 0.2) is 5.76 Å². The number of para-hydroxylation sites is 1. The smallest absolute Gasteiger partial charge is 0.232 e. The first-order chi connectivity index (χ1) is 15.1. The second-order valence-electron chi connectivity index (χ2n) is 7.71. The van der Waals surface area contributed by atoms with Gasteiger partial charge < -0.3 is 14.0 Å². The molecule has 0 saturated heterocycles. The number of ketones is 1. The van der Waals surface area contributed by atoms with Crippen LogP contribution in [0.5, 0.6) is 11.5 Å². The van der Waals surface area contributed by atoms with Crippen LogP contribution >= 0.6 is 0 Å². The highest BCUT2D eigenvalue weighted by atomic mass is 16.5. The fraction of sp³-hybridized carbons (Fsp3) is 0.148. The maximum absolute atomic E-state index is 13.1. The number of Topliss-reactive ketones (excluding diaryl/α,β-unsaturated/α-hetero) is 1. The molecule has 4 heteroatoms. The number of nitrogens with zero attached hydrogens (tertiary/aromatic N) is 1. The molecule has 1 aliphatic rings. The Hall–Kier alpha value is -3.79. The van der Waals surface area contributed by atoms with Crippen LogP contribution < -0.4 is 9.47 Å². The van der Waals surface area contributed by atoms with E-state index in [9.17, 15) is 4.79 Å². The number of carbonyl (C=O) groups is 1. The lowest BCUT2D eigenvalue weighted by atomic mass is 10.0. The van der Waals surface area contributed by atoms with Crippen molar-refractivity contribution in [3.05, 3.63) is 101 Å². The number of hydrogen-bond acceptors (Lipinski definition) is 3. The van der Waals surface area contributed by atoms with Gasteiger partial charge in [0.2, 0.25) is 5.78 Å². The average molecular weight is 409 g/mol. The summed E-state index contributed by atoms with van der Waals surface area (Å²) in [4.78, 5) is 13.1. The minimum atomic E-state index is -0.0876. The number of carbonyl (C=O) groups excluding carboxylic acids is 1. The van der Waals surface area contributed by atoms with Gasteiger partial charge in [0.25, 0.3) is 0 Å². The summed E-state index contributed by atoms with van der Waals surface area (Å²) < 4.78 is 14.1. The van der Waals surface area contributed by atoms with E-state index >= 15 is 0 Å². The zero-order chi connectivity index (χ0) is 21.4.